The second-order valence-electron chi connectivity index (χ2n) is 6.46. The molecule has 1 aliphatic heterocycles. The number of nitrogens with zero attached hydrogens (tertiary/aromatic N) is 3. The van der Waals surface area contributed by atoms with Gasteiger partial charge in [-0.15, -0.1) is 11.3 Å². The molecule has 0 amide bonds. The van der Waals surface area contributed by atoms with Gasteiger partial charge in [-0.05, 0) is 31.5 Å². The van der Waals surface area contributed by atoms with Crippen molar-refractivity contribution < 1.29 is 17.9 Å². The Balaban J connectivity index is 1.76. The maximum absolute atomic E-state index is 13.0. The molecule has 1 aliphatic rings. The summed E-state index contributed by atoms with van der Waals surface area (Å²) in [5.41, 5.74) is 2.62. The fourth-order valence-electron chi connectivity index (χ4n) is 3.01. The number of thiazole rings is 1. The van der Waals surface area contributed by atoms with E-state index in [1.165, 1.54) is 12.1 Å². The van der Waals surface area contributed by atoms with E-state index in [-0.39, 0.29) is 0 Å². The van der Waals surface area contributed by atoms with Crippen LogP contribution in [-0.4, -0.2) is 42.1 Å². The molecule has 1 aromatic heterocycles. The number of morpholine rings is 1. The van der Waals surface area contributed by atoms with Gasteiger partial charge >= 0.3 is 6.18 Å². The highest BCUT2D eigenvalue weighted by atomic mass is 32.1. The number of nitrogens with one attached hydrogen (secondary N) is 1. The number of aromatic nitrogens is 1. The quantitative estimate of drug-likeness (QED) is 0.609. The summed E-state index contributed by atoms with van der Waals surface area (Å²) >= 11 is 1.56. The standard InChI is InChI=1S/C19H23F3N4OS/c1-3-23-18(24-10-17-13(2)25-12-28-17)26-7-8-27-16(11-26)14-5-4-6-15(9-14)19(20,21)22/h4-6,9,12,16H,3,7-8,10-11H2,1-2H3,(H,23,24). The summed E-state index contributed by atoms with van der Waals surface area (Å²) in [7, 11) is 0. The molecule has 1 N–H and O–H groups in total. The van der Waals surface area contributed by atoms with Crippen LogP contribution in [0.2, 0.25) is 0 Å². The van der Waals surface area contributed by atoms with Crippen LogP contribution in [-0.2, 0) is 17.5 Å². The lowest BCUT2D eigenvalue weighted by molar-refractivity contribution is -0.137. The third-order valence-corrected chi connectivity index (χ3v) is 5.42. The number of aliphatic imine (C=N–C) groups is 1. The van der Waals surface area contributed by atoms with E-state index in [2.05, 4.69) is 10.3 Å². The van der Waals surface area contributed by atoms with Gasteiger partial charge in [-0.25, -0.2) is 9.98 Å². The number of halogens is 3. The van der Waals surface area contributed by atoms with Crippen molar-refractivity contribution in [3.8, 4) is 0 Å². The first-order chi connectivity index (χ1) is 13.4. The number of ether oxygens (including phenoxy) is 1. The van der Waals surface area contributed by atoms with Gasteiger partial charge in [0.25, 0.3) is 0 Å². The number of alkyl halides is 3. The predicted octanol–water partition coefficient (Wildman–Crippen LogP) is 4.01. The van der Waals surface area contributed by atoms with E-state index in [1.807, 2.05) is 18.7 Å². The molecule has 0 aliphatic carbocycles. The number of hydrogen-bond donors (Lipinski definition) is 1. The molecule has 28 heavy (non-hydrogen) atoms. The van der Waals surface area contributed by atoms with Crippen molar-refractivity contribution >= 4 is 17.3 Å². The van der Waals surface area contributed by atoms with E-state index in [1.54, 1.807) is 22.9 Å². The van der Waals surface area contributed by atoms with E-state index in [4.69, 9.17) is 9.73 Å². The average molecular weight is 412 g/mol. The minimum Gasteiger partial charge on any atom is -0.370 e. The van der Waals surface area contributed by atoms with Gasteiger partial charge in [0.2, 0.25) is 0 Å². The second kappa shape index (κ2) is 8.91. The SMILES string of the molecule is CCNC(=NCc1scnc1C)N1CCOC(c2cccc(C(F)(F)F)c2)C1. The highest BCUT2D eigenvalue weighted by Crippen LogP contribution is 2.32. The summed E-state index contributed by atoms with van der Waals surface area (Å²) in [5.74, 6) is 0.732. The molecule has 0 radical (unpaired) electrons. The molecular weight excluding hydrogens is 389 g/mol. The van der Waals surface area contributed by atoms with Crippen molar-refractivity contribution in [1.29, 1.82) is 0 Å². The van der Waals surface area contributed by atoms with Crippen molar-refractivity contribution in [3.05, 3.63) is 51.5 Å². The molecule has 0 saturated carbocycles. The van der Waals surface area contributed by atoms with Gasteiger partial charge < -0.3 is 15.0 Å². The summed E-state index contributed by atoms with van der Waals surface area (Å²) < 4.78 is 44.8. The van der Waals surface area contributed by atoms with Crippen molar-refractivity contribution in [2.24, 2.45) is 4.99 Å². The van der Waals surface area contributed by atoms with Crippen LogP contribution in [0.3, 0.4) is 0 Å². The summed E-state index contributed by atoms with van der Waals surface area (Å²) in [6.07, 6.45) is -4.81. The molecule has 1 atom stereocenters. The summed E-state index contributed by atoms with van der Waals surface area (Å²) in [6, 6.07) is 5.34. The summed E-state index contributed by atoms with van der Waals surface area (Å²) in [5, 5.41) is 3.27. The predicted molar refractivity (Wildman–Crippen MR) is 103 cm³/mol. The minimum absolute atomic E-state index is 0.422. The molecule has 1 fully saturated rings. The van der Waals surface area contributed by atoms with Crippen LogP contribution in [0.15, 0.2) is 34.8 Å². The van der Waals surface area contributed by atoms with E-state index >= 15 is 0 Å². The van der Waals surface area contributed by atoms with E-state index < -0.39 is 17.8 Å². The van der Waals surface area contributed by atoms with Crippen molar-refractivity contribution in [3.63, 3.8) is 0 Å². The fraction of sp³-hybridized carbons (Fsp3) is 0.474. The molecule has 1 unspecified atom stereocenters. The Kier molecular flexibility index (Phi) is 6.56. The third kappa shape index (κ3) is 5.02. The normalized spacial score (nSPS) is 18.4. The van der Waals surface area contributed by atoms with Crippen LogP contribution in [0.5, 0.6) is 0 Å². The van der Waals surface area contributed by atoms with Crippen LogP contribution in [0.25, 0.3) is 0 Å². The zero-order valence-corrected chi connectivity index (χ0v) is 16.6. The zero-order valence-electron chi connectivity index (χ0n) is 15.8. The Morgan fingerprint density at radius 3 is 2.93 bits per heavy atom. The maximum Gasteiger partial charge on any atom is 0.416 e. The van der Waals surface area contributed by atoms with Gasteiger partial charge in [-0.3, -0.25) is 0 Å². The van der Waals surface area contributed by atoms with E-state index in [0.717, 1.165) is 22.6 Å². The molecule has 5 nitrogen and oxygen atoms in total. The molecule has 9 heteroatoms. The Hall–Kier alpha value is -2.13. The van der Waals surface area contributed by atoms with Gasteiger partial charge in [0.1, 0.15) is 6.10 Å². The highest BCUT2D eigenvalue weighted by Gasteiger charge is 2.32. The maximum atomic E-state index is 13.0. The molecular formula is C19H23F3N4OS. The molecule has 0 bridgehead atoms. The number of guanidine groups is 1. The first-order valence-corrected chi connectivity index (χ1v) is 9.97. The monoisotopic (exact) mass is 412 g/mol. The van der Waals surface area contributed by atoms with Gasteiger partial charge in [0.15, 0.2) is 5.96 Å². The third-order valence-electron chi connectivity index (χ3n) is 4.50. The van der Waals surface area contributed by atoms with Crippen LogP contribution in [0.4, 0.5) is 13.2 Å². The van der Waals surface area contributed by atoms with E-state index in [9.17, 15) is 13.2 Å². The van der Waals surface area contributed by atoms with Crippen LogP contribution < -0.4 is 5.32 Å². The van der Waals surface area contributed by atoms with Crippen LogP contribution >= 0.6 is 11.3 Å². The topological polar surface area (TPSA) is 49.8 Å². The van der Waals surface area contributed by atoms with Crippen molar-refractivity contribution in [2.45, 2.75) is 32.7 Å². The lowest BCUT2D eigenvalue weighted by Gasteiger charge is -2.35. The molecule has 0 spiro atoms. The van der Waals surface area contributed by atoms with Gasteiger partial charge in [-0.2, -0.15) is 13.2 Å². The van der Waals surface area contributed by atoms with Gasteiger partial charge in [-0.1, -0.05) is 12.1 Å². The molecule has 2 aromatic rings. The minimum atomic E-state index is -4.37. The van der Waals surface area contributed by atoms with Crippen molar-refractivity contribution in [2.75, 3.05) is 26.2 Å². The smallest absolute Gasteiger partial charge is 0.370 e. The lowest BCUT2D eigenvalue weighted by Crippen LogP contribution is -2.48. The number of benzene rings is 1. The van der Waals surface area contributed by atoms with E-state index in [0.29, 0.717) is 38.3 Å². The average Bonchev–Trinajstić information content (AvgIpc) is 3.09. The Labute approximate surface area is 166 Å². The number of hydrogen-bond acceptors (Lipinski definition) is 4. The van der Waals surface area contributed by atoms with Gasteiger partial charge in [0.05, 0.1) is 36.5 Å². The van der Waals surface area contributed by atoms with Crippen LogP contribution in [0, 0.1) is 6.92 Å². The molecule has 1 aromatic carbocycles. The Morgan fingerprint density at radius 1 is 1.43 bits per heavy atom. The molecule has 152 valence electrons. The van der Waals surface area contributed by atoms with Gasteiger partial charge in [0, 0.05) is 18.0 Å². The summed E-state index contributed by atoms with van der Waals surface area (Å²) in [4.78, 5) is 12.1. The van der Waals surface area contributed by atoms with Crippen LogP contribution in [0.1, 0.15) is 34.7 Å². The first kappa shape index (κ1) is 20.6. The zero-order chi connectivity index (χ0) is 20.1. The lowest BCUT2D eigenvalue weighted by atomic mass is 10.0. The molecule has 3 rings (SSSR count). The fourth-order valence-corrected chi connectivity index (χ4v) is 3.71. The largest absolute Gasteiger partial charge is 0.416 e. The molecule has 1 saturated heterocycles. The summed E-state index contributed by atoms with van der Waals surface area (Å²) in [6.45, 7) is 6.64. The Bertz CT molecular complexity index is 822. The van der Waals surface area contributed by atoms with Crippen molar-refractivity contribution in [1.82, 2.24) is 15.2 Å². The number of aryl methyl sites for hydroxylation is 1. The molecule has 2 heterocycles. The number of rotatable bonds is 4. The Morgan fingerprint density at radius 2 is 2.25 bits per heavy atom. The second-order valence-corrected chi connectivity index (χ2v) is 7.40. The highest BCUT2D eigenvalue weighted by molar-refractivity contribution is 7.09. The first-order valence-electron chi connectivity index (χ1n) is 9.09.